The van der Waals surface area contributed by atoms with Crippen LogP contribution in [-0.4, -0.2) is 23.3 Å². The first-order valence-corrected chi connectivity index (χ1v) is 8.15. The molecule has 1 aromatic heterocycles. The molecule has 0 bridgehead atoms. The van der Waals surface area contributed by atoms with Gasteiger partial charge in [0, 0.05) is 24.0 Å². The largest absolute Gasteiger partial charge is 0.355 e. The predicted octanol–water partition coefficient (Wildman–Crippen LogP) is 2.48. The molecule has 0 spiro atoms. The van der Waals surface area contributed by atoms with E-state index in [1.54, 1.807) is 17.4 Å². The number of carbonyl (C=O) groups excluding carboxylic acids is 2. The third-order valence-electron chi connectivity index (χ3n) is 3.18. The number of hydrogen-bond donors (Lipinski definition) is 2. The first kappa shape index (κ1) is 16.9. The van der Waals surface area contributed by atoms with Gasteiger partial charge in [0.2, 0.25) is 11.8 Å². The Morgan fingerprint density at radius 2 is 2.13 bits per heavy atom. The summed E-state index contributed by atoms with van der Waals surface area (Å²) in [5.41, 5.74) is 2.39. The smallest absolute Gasteiger partial charge is 0.247 e. The van der Waals surface area contributed by atoms with Crippen molar-refractivity contribution in [2.24, 2.45) is 0 Å². The second kappa shape index (κ2) is 8.24. The molecule has 2 amide bonds. The van der Waals surface area contributed by atoms with Gasteiger partial charge >= 0.3 is 0 Å². The van der Waals surface area contributed by atoms with Gasteiger partial charge in [0.05, 0.1) is 17.1 Å². The average molecular weight is 329 g/mol. The second-order valence-electron chi connectivity index (χ2n) is 4.99. The number of carbonyl (C=O) groups is 2. The number of nitrogens with one attached hydrogen (secondary N) is 2. The summed E-state index contributed by atoms with van der Waals surface area (Å²) >= 11 is 1.60. The maximum atomic E-state index is 12.1. The van der Waals surface area contributed by atoms with Crippen LogP contribution in [0.2, 0.25) is 0 Å². The molecular weight excluding hydrogens is 310 g/mol. The van der Waals surface area contributed by atoms with Crippen molar-refractivity contribution in [2.45, 2.75) is 19.8 Å². The average Bonchev–Trinajstić information content (AvgIpc) is 2.94. The fourth-order valence-electron chi connectivity index (χ4n) is 2.07. The normalized spacial score (nSPS) is 10.1. The lowest BCUT2D eigenvalue weighted by Gasteiger charge is -2.10. The van der Waals surface area contributed by atoms with Gasteiger partial charge in [-0.05, 0) is 24.6 Å². The van der Waals surface area contributed by atoms with E-state index in [-0.39, 0.29) is 18.2 Å². The van der Waals surface area contributed by atoms with Crippen LogP contribution < -0.4 is 10.6 Å². The van der Waals surface area contributed by atoms with Gasteiger partial charge in [-0.2, -0.15) is 0 Å². The Bertz CT molecular complexity index is 709. The highest BCUT2D eigenvalue weighted by atomic mass is 32.1. The Labute approximate surface area is 139 Å². The van der Waals surface area contributed by atoms with Crippen molar-refractivity contribution in [1.29, 1.82) is 0 Å². The van der Waals surface area contributed by atoms with Crippen molar-refractivity contribution in [3.05, 3.63) is 58.6 Å². The zero-order valence-corrected chi connectivity index (χ0v) is 13.8. The molecule has 0 aliphatic carbocycles. The molecule has 0 fully saturated rings. The third-order valence-corrected chi connectivity index (χ3v) is 4.00. The van der Waals surface area contributed by atoms with Gasteiger partial charge in [-0.3, -0.25) is 9.59 Å². The topological polar surface area (TPSA) is 71.1 Å². The van der Waals surface area contributed by atoms with E-state index in [2.05, 4.69) is 22.2 Å². The number of para-hydroxylation sites is 1. The van der Waals surface area contributed by atoms with Crippen LogP contribution in [0, 0.1) is 6.92 Å². The van der Waals surface area contributed by atoms with Crippen LogP contribution in [0.3, 0.4) is 0 Å². The summed E-state index contributed by atoms with van der Waals surface area (Å²) in [6, 6.07) is 7.24. The minimum Gasteiger partial charge on any atom is -0.355 e. The van der Waals surface area contributed by atoms with E-state index >= 15 is 0 Å². The van der Waals surface area contributed by atoms with E-state index in [0.717, 1.165) is 16.3 Å². The highest BCUT2D eigenvalue weighted by Crippen LogP contribution is 2.15. The number of anilines is 1. The molecule has 0 atom stereocenters. The van der Waals surface area contributed by atoms with Crippen LogP contribution in [0.5, 0.6) is 0 Å². The highest BCUT2D eigenvalue weighted by Gasteiger charge is 2.09. The van der Waals surface area contributed by atoms with E-state index in [1.807, 2.05) is 30.5 Å². The Morgan fingerprint density at radius 3 is 2.83 bits per heavy atom. The number of aryl methyl sites for hydroxylation is 1. The molecule has 120 valence electrons. The number of amides is 2. The summed E-state index contributed by atoms with van der Waals surface area (Å²) < 4.78 is 0. The number of benzene rings is 1. The molecule has 0 saturated carbocycles. The van der Waals surface area contributed by atoms with Crippen LogP contribution >= 0.6 is 11.3 Å². The number of thiazole rings is 1. The summed E-state index contributed by atoms with van der Waals surface area (Å²) in [7, 11) is 0. The lowest BCUT2D eigenvalue weighted by Crippen LogP contribution is -2.27. The molecule has 2 N–H and O–H groups in total. The number of hydrogen-bond acceptors (Lipinski definition) is 4. The molecule has 2 rings (SSSR count). The summed E-state index contributed by atoms with van der Waals surface area (Å²) in [5, 5.41) is 8.61. The van der Waals surface area contributed by atoms with Crippen molar-refractivity contribution < 1.29 is 9.59 Å². The molecular formula is C17H19N3O2S. The lowest BCUT2D eigenvalue weighted by atomic mass is 10.1. The van der Waals surface area contributed by atoms with E-state index in [4.69, 9.17) is 0 Å². The quantitative estimate of drug-likeness (QED) is 0.767. The molecule has 6 heteroatoms. The minimum absolute atomic E-state index is 0.0859. The Kier molecular flexibility index (Phi) is 6.05. The van der Waals surface area contributed by atoms with Crippen LogP contribution in [0.25, 0.3) is 0 Å². The van der Waals surface area contributed by atoms with Crippen molar-refractivity contribution >= 4 is 28.8 Å². The SMILES string of the molecule is C=CC(=O)Nc1ccccc1CC(=O)NCCc1csc(C)n1. The van der Waals surface area contributed by atoms with Crippen LogP contribution in [-0.2, 0) is 22.4 Å². The van der Waals surface area contributed by atoms with Gasteiger partial charge in [0.1, 0.15) is 0 Å². The molecule has 5 nitrogen and oxygen atoms in total. The van der Waals surface area contributed by atoms with Gasteiger partial charge in [-0.1, -0.05) is 24.8 Å². The molecule has 0 radical (unpaired) electrons. The first-order valence-electron chi connectivity index (χ1n) is 7.27. The predicted molar refractivity (Wildman–Crippen MR) is 92.5 cm³/mol. The molecule has 2 aromatic rings. The standard InChI is InChI=1S/C17H19N3O2S/c1-3-16(21)20-15-7-5-4-6-13(15)10-17(22)18-9-8-14-11-23-12(2)19-14/h3-7,11H,1,8-10H2,2H3,(H,18,22)(H,20,21). The van der Waals surface area contributed by atoms with Crippen molar-refractivity contribution in [2.75, 3.05) is 11.9 Å². The number of aromatic nitrogens is 1. The molecule has 1 heterocycles. The Hall–Kier alpha value is -2.47. The zero-order chi connectivity index (χ0) is 16.7. The van der Waals surface area contributed by atoms with Crippen molar-refractivity contribution in [1.82, 2.24) is 10.3 Å². The maximum absolute atomic E-state index is 12.1. The number of rotatable bonds is 7. The second-order valence-corrected chi connectivity index (χ2v) is 6.05. The summed E-state index contributed by atoms with van der Waals surface area (Å²) in [6.45, 7) is 5.93. The number of nitrogens with zero attached hydrogens (tertiary/aromatic N) is 1. The van der Waals surface area contributed by atoms with Crippen LogP contribution in [0.4, 0.5) is 5.69 Å². The van der Waals surface area contributed by atoms with E-state index < -0.39 is 0 Å². The first-order chi connectivity index (χ1) is 11.1. The minimum atomic E-state index is -0.295. The van der Waals surface area contributed by atoms with Crippen LogP contribution in [0.15, 0.2) is 42.3 Å². The van der Waals surface area contributed by atoms with Crippen molar-refractivity contribution in [3.8, 4) is 0 Å². The molecule has 0 aliphatic heterocycles. The van der Waals surface area contributed by atoms with Gasteiger partial charge in [-0.15, -0.1) is 11.3 Å². The molecule has 0 aliphatic rings. The third kappa shape index (κ3) is 5.34. The maximum Gasteiger partial charge on any atom is 0.247 e. The van der Waals surface area contributed by atoms with Crippen molar-refractivity contribution in [3.63, 3.8) is 0 Å². The zero-order valence-electron chi connectivity index (χ0n) is 13.0. The van der Waals surface area contributed by atoms with Gasteiger partial charge in [0.15, 0.2) is 0 Å². The highest BCUT2D eigenvalue weighted by molar-refractivity contribution is 7.09. The Morgan fingerprint density at radius 1 is 1.35 bits per heavy atom. The monoisotopic (exact) mass is 329 g/mol. The lowest BCUT2D eigenvalue weighted by molar-refractivity contribution is -0.120. The molecule has 0 saturated heterocycles. The molecule has 23 heavy (non-hydrogen) atoms. The van der Waals surface area contributed by atoms with Crippen LogP contribution in [0.1, 0.15) is 16.3 Å². The van der Waals surface area contributed by atoms with Gasteiger partial charge in [-0.25, -0.2) is 4.98 Å². The fourth-order valence-corrected chi connectivity index (χ4v) is 2.72. The fraction of sp³-hybridized carbons (Fsp3) is 0.235. The Balaban J connectivity index is 1.87. The molecule has 0 unspecified atom stereocenters. The van der Waals surface area contributed by atoms with Gasteiger partial charge < -0.3 is 10.6 Å². The summed E-state index contributed by atoms with van der Waals surface area (Å²) in [4.78, 5) is 27.8. The molecule has 1 aromatic carbocycles. The van der Waals surface area contributed by atoms with E-state index in [9.17, 15) is 9.59 Å². The van der Waals surface area contributed by atoms with E-state index in [1.165, 1.54) is 6.08 Å². The summed E-state index contributed by atoms with van der Waals surface area (Å²) in [6.07, 6.45) is 2.13. The van der Waals surface area contributed by atoms with E-state index in [0.29, 0.717) is 18.7 Å². The van der Waals surface area contributed by atoms with Gasteiger partial charge in [0.25, 0.3) is 0 Å². The summed E-state index contributed by atoms with van der Waals surface area (Å²) in [5.74, 6) is -0.381.